The first-order chi connectivity index (χ1) is 23.1. The van der Waals surface area contributed by atoms with E-state index < -0.39 is 0 Å². The molecule has 0 aromatic carbocycles. The zero-order valence-corrected chi connectivity index (χ0v) is 32.5. The van der Waals surface area contributed by atoms with Crippen molar-refractivity contribution in [2.45, 2.75) is 132 Å². The topological polar surface area (TPSA) is 87.9 Å². The van der Waals surface area contributed by atoms with Crippen molar-refractivity contribution >= 4 is 11.9 Å². The molecule has 1 aliphatic heterocycles. The Morgan fingerprint density at radius 3 is 2.10 bits per heavy atom. The number of nitrogens with zero attached hydrogens (tertiary/aromatic N) is 2. The lowest BCUT2D eigenvalue weighted by Crippen LogP contribution is -2.67. The quantitative estimate of drug-likeness (QED) is 0.146. The number of ether oxygens (including phenoxy) is 1. The molecular weight excluding hydrogens is 608 g/mol. The Balaban J connectivity index is 1.16. The molecule has 0 spiro atoms. The number of hydrogen-bond donors (Lipinski definition) is 2. The molecule has 6 rings (SSSR count). The summed E-state index contributed by atoms with van der Waals surface area (Å²) in [7, 11) is 0. The Labute approximate surface area is 299 Å². The second kappa shape index (κ2) is 13.8. The van der Waals surface area contributed by atoms with Gasteiger partial charge in [-0.3, -0.25) is 9.59 Å². The van der Waals surface area contributed by atoms with Gasteiger partial charge < -0.3 is 25.6 Å². The lowest BCUT2D eigenvalue weighted by Gasteiger charge is -2.72. The van der Waals surface area contributed by atoms with E-state index in [0.717, 1.165) is 104 Å². The van der Waals surface area contributed by atoms with Crippen LogP contribution in [0.1, 0.15) is 126 Å². The molecule has 278 valence electrons. The molecule has 10 atom stereocenters. The van der Waals surface area contributed by atoms with Crippen LogP contribution in [0.25, 0.3) is 0 Å². The Kier molecular flexibility index (Phi) is 10.5. The van der Waals surface area contributed by atoms with Gasteiger partial charge in [0.1, 0.15) is 6.10 Å². The number of nitrogens with one attached hydrogen (secondary N) is 1. The molecule has 0 aromatic rings. The van der Waals surface area contributed by atoms with Gasteiger partial charge in [0.05, 0.1) is 5.41 Å². The molecule has 4 unspecified atom stereocenters. The van der Waals surface area contributed by atoms with Crippen LogP contribution in [0.5, 0.6) is 0 Å². The molecule has 5 saturated carbocycles. The molecule has 6 aliphatic rings. The van der Waals surface area contributed by atoms with Crippen molar-refractivity contribution in [1.82, 2.24) is 15.1 Å². The van der Waals surface area contributed by atoms with Gasteiger partial charge in [-0.25, -0.2) is 0 Å². The summed E-state index contributed by atoms with van der Waals surface area (Å²) in [4.78, 5) is 31.7. The minimum absolute atomic E-state index is 0.0136. The van der Waals surface area contributed by atoms with E-state index in [9.17, 15) is 9.59 Å². The zero-order chi connectivity index (χ0) is 35.4. The minimum atomic E-state index is -0.253. The highest BCUT2D eigenvalue weighted by molar-refractivity contribution is 5.84. The second-order valence-corrected chi connectivity index (χ2v) is 19.2. The third-order valence-corrected chi connectivity index (χ3v) is 16.8. The summed E-state index contributed by atoms with van der Waals surface area (Å²) in [6.45, 7) is 29.3. The van der Waals surface area contributed by atoms with Gasteiger partial charge in [0.15, 0.2) is 0 Å². The maximum absolute atomic E-state index is 14.5. The highest BCUT2D eigenvalue weighted by Gasteiger charge is 2.72. The average molecular weight is 681 g/mol. The Morgan fingerprint density at radius 1 is 0.796 bits per heavy atom. The predicted octanol–water partition coefficient (Wildman–Crippen LogP) is 7.05. The summed E-state index contributed by atoms with van der Waals surface area (Å²) in [5.41, 5.74) is 7.43. The molecule has 1 heterocycles. The number of piperazine rings is 1. The first-order valence-electron chi connectivity index (χ1n) is 20.4. The number of rotatable bonds is 10. The monoisotopic (exact) mass is 681 g/mol. The van der Waals surface area contributed by atoms with Crippen molar-refractivity contribution in [1.29, 1.82) is 0 Å². The van der Waals surface area contributed by atoms with E-state index in [-0.39, 0.29) is 39.1 Å². The maximum Gasteiger partial charge on any atom is 0.302 e. The number of carbonyl (C=O) groups is 2. The number of hydrogen-bond acceptors (Lipinski definition) is 6. The first-order valence-corrected chi connectivity index (χ1v) is 20.4. The van der Waals surface area contributed by atoms with Gasteiger partial charge in [0, 0.05) is 45.1 Å². The van der Waals surface area contributed by atoms with Crippen LogP contribution in [0.2, 0.25) is 0 Å². The van der Waals surface area contributed by atoms with E-state index in [4.69, 9.17) is 10.5 Å². The van der Waals surface area contributed by atoms with Gasteiger partial charge in [0.2, 0.25) is 5.91 Å². The van der Waals surface area contributed by atoms with Crippen LogP contribution >= 0.6 is 0 Å². The number of amides is 1. The van der Waals surface area contributed by atoms with E-state index in [1.807, 2.05) is 0 Å². The van der Waals surface area contributed by atoms with Crippen molar-refractivity contribution in [3.63, 3.8) is 0 Å². The highest BCUT2D eigenvalue weighted by Crippen LogP contribution is 2.77. The highest BCUT2D eigenvalue weighted by atomic mass is 16.5. The molecule has 5 aliphatic carbocycles. The fourth-order valence-electron chi connectivity index (χ4n) is 14.2. The molecule has 1 amide bonds. The molecule has 0 bridgehead atoms. The van der Waals surface area contributed by atoms with Crippen molar-refractivity contribution < 1.29 is 14.3 Å². The van der Waals surface area contributed by atoms with Crippen LogP contribution in [0.4, 0.5) is 0 Å². The lowest BCUT2D eigenvalue weighted by molar-refractivity contribution is -0.248. The lowest BCUT2D eigenvalue weighted by atomic mass is 9.32. The molecule has 3 N–H and O–H groups in total. The first kappa shape index (κ1) is 37.3. The molecule has 6 fully saturated rings. The average Bonchev–Trinajstić information content (AvgIpc) is 3.45. The fourth-order valence-corrected chi connectivity index (χ4v) is 14.2. The van der Waals surface area contributed by atoms with Gasteiger partial charge in [-0.1, -0.05) is 46.8 Å². The largest absolute Gasteiger partial charge is 0.462 e. The van der Waals surface area contributed by atoms with Gasteiger partial charge in [-0.2, -0.15) is 0 Å². The summed E-state index contributed by atoms with van der Waals surface area (Å²) in [6.07, 6.45) is 13.5. The summed E-state index contributed by atoms with van der Waals surface area (Å²) in [6, 6.07) is 0. The van der Waals surface area contributed by atoms with Crippen LogP contribution in [0.15, 0.2) is 12.2 Å². The number of fused-ring (bicyclic) bond motifs is 7. The standard InChI is InChI=1S/C42H72N4O3/c1-29(2)31-13-18-42(37(48)44-22-10-24-46-27-25-45(26-28-46)23-9-21-43)20-19-40(7)32(36(31)42)11-12-34-39(6)16-15-35(49-30(3)47)38(4,5)33(39)14-17-41(34,40)8/h31-36H,1,9-28,43H2,2-8H3,(H,44,48)/t31-,32?,33?,34?,35-,36?,39-,40+,41+,42-/m0/s1. The van der Waals surface area contributed by atoms with Crippen molar-refractivity contribution in [3.8, 4) is 0 Å². The summed E-state index contributed by atoms with van der Waals surface area (Å²) < 4.78 is 5.97. The van der Waals surface area contributed by atoms with Gasteiger partial charge >= 0.3 is 5.97 Å². The maximum atomic E-state index is 14.5. The Hall–Kier alpha value is -1.44. The second-order valence-electron chi connectivity index (χ2n) is 19.2. The van der Waals surface area contributed by atoms with E-state index in [1.165, 1.54) is 31.3 Å². The van der Waals surface area contributed by atoms with Gasteiger partial charge in [0.25, 0.3) is 0 Å². The van der Waals surface area contributed by atoms with Crippen molar-refractivity contribution in [3.05, 3.63) is 12.2 Å². The van der Waals surface area contributed by atoms with Crippen LogP contribution in [0.3, 0.4) is 0 Å². The van der Waals surface area contributed by atoms with Gasteiger partial charge in [-0.15, -0.1) is 0 Å². The third-order valence-electron chi connectivity index (χ3n) is 16.8. The van der Waals surface area contributed by atoms with Crippen molar-refractivity contribution in [2.24, 2.45) is 62.4 Å². The Bertz CT molecular complexity index is 1240. The van der Waals surface area contributed by atoms with E-state index in [1.54, 1.807) is 6.92 Å². The van der Waals surface area contributed by atoms with Crippen molar-refractivity contribution in [2.75, 3.05) is 52.4 Å². The number of esters is 1. The molecule has 7 nitrogen and oxygen atoms in total. The molecular formula is C42H72N4O3. The van der Waals surface area contributed by atoms with E-state index >= 15 is 0 Å². The third kappa shape index (κ3) is 6.15. The molecule has 1 saturated heterocycles. The number of nitrogens with two attached hydrogens (primary N) is 1. The zero-order valence-electron chi connectivity index (χ0n) is 32.5. The van der Waals surface area contributed by atoms with Crippen LogP contribution in [0, 0.1) is 56.7 Å². The van der Waals surface area contributed by atoms with E-state index in [0.29, 0.717) is 35.5 Å². The normalized spacial score (nSPS) is 43.4. The summed E-state index contributed by atoms with van der Waals surface area (Å²) in [5, 5.41) is 3.54. The fraction of sp³-hybridized carbons (Fsp3) is 0.905. The summed E-state index contributed by atoms with van der Waals surface area (Å²) >= 11 is 0. The molecule has 49 heavy (non-hydrogen) atoms. The number of carbonyl (C=O) groups excluding carboxylic acids is 2. The SMILES string of the molecule is C=C(C)[C@@H]1CC[C@]2(C(=O)NCCCN3CCN(CCCN)CC3)CC[C@]3(C)C(CCC4[C@@]5(C)CC[C@H](OC(C)=O)C(C)(C)C5CC[C@]43C)C12. The van der Waals surface area contributed by atoms with Crippen LogP contribution in [-0.4, -0.2) is 80.1 Å². The predicted molar refractivity (Wildman–Crippen MR) is 199 cm³/mol. The molecule has 7 heteroatoms. The molecule has 0 aromatic heterocycles. The van der Waals surface area contributed by atoms with Crippen LogP contribution in [-0.2, 0) is 14.3 Å². The summed E-state index contributed by atoms with van der Waals surface area (Å²) in [5.74, 6) is 2.81. The minimum Gasteiger partial charge on any atom is -0.462 e. The number of allylic oxidation sites excluding steroid dienone is 1. The van der Waals surface area contributed by atoms with Gasteiger partial charge in [-0.05, 0) is 149 Å². The smallest absolute Gasteiger partial charge is 0.302 e. The van der Waals surface area contributed by atoms with Crippen LogP contribution < -0.4 is 11.1 Å². The Morgan fingerprint density at radius 2 is 1.47 bits per heavy atom. The molecule has 0 radical (unpaired) electrons. The van der Waals surface area contributed by atoms with E-state index in [2.05, 4.69) is 63.2 Å².